The molecule has 0 heterocycles. The van der Waals surface area contributed by atoms with Crippen molar-refractivity contribution in [3.05, 3.63) is 0 Å². The van der Waals surface area contributed by atoms with E-state index < -0.39 is 24.9 Å². The Kier molecular flexibility index (Phi) is 7.09. The van der Waals surface area contributed by atoms with Gasteiger partial charge in [-0.25, -0.2) is 0 Å². The maximum absolute atomic E-state index is 11.8. The predicted octanol–water partition coefficient (Wildman–Crippen LogP) is 2.64. The van der Waals surface area contributed by atoms with E-state index in [1.54, 1.807) is 0 Å². The fourth-order valence-electron chi connectivity index (χ4n) is 0.972. The lowest BCUT2D eigenvalue weighted by atomic mass is 10.2. The van der Waals surface area contributed by atoms with Gasteiger partial charge in [0.05, 0.1) is 6.42 Å². The van der Waals surface area contributed by atoms with Crippen LogP contribution in [0, 0.1) is 0 Å². The summed E-state index contributed by atoms with van der Waals surface area (Å²) in [6.07, 6.45) is -5.95. The van der Waals surface area contributed by atoms with E-state index in [-0.39, 0.29) is 24.8 Å². The van der Waals surface area contributed by atoms with Crippen LogP contribution >= 0.6 is 23.2 Å². The Bertz CT molecular complexity index is 193. The number of amides is 1. The van der Waals surface area contributed by atoms with Crippen LogP contribution in [0.3, 0.4) is 0 Å². The van der Waals surface area contributed by atoms with Crippen molar-refractivity contribution in [2.75, 3.05) is 24.8 Å². The number of rotatable bonds is 6. The van der Waals surface area contributed by atoms with Gasteiger partial charge < -0.3 is 4.90 Å². The Morgan fingerprint density at radius 2 is 1.60 bits per heavy atom. The molecule has 1 amide bonds. The van der Waals surface area contributed by atoms with Crippen LogP contribution in [0.25, 0.3) is 0 Å². The highest BCUT2D eigenvalue weighted by Gasteiger charge is 2.28. The molecule has 0 N–H and O–H groups in total. The van der Waals surface area contributed by atoms with Gasteiger partial charge in [0.15, 0.2) is 0 Å². The molecular formula is C8H12Cl2F3NO. The summed E-state index contributed by atoms with van der Waals surface area (Å²) >= 11 is 10.8. The first kappa shape index (κ1) is 14.8. The van der Waals surface area contributed by atoms with Gasteiger partial charge in [0.25, 0.3) is 0 Å². The third-order valence-corrected chi connectivity index (χ3v) is 2.02. The molecule has 0 rings (SSSR count). The number of alkyl halides is 5. The van der Waals surface area contributed by atoms with E-state index in [0.29, 0.717) is 0 Å². The fourth-order valence-corrected chi connectivity index (χ4v) is 1.38. The van der Waals surface area contributed by atoms with E-state index in [1.807, 2.05) is 0 Å². The largest absolute Gasteiger partial charge is 0.389 e. The highest BCUT2D eigenvalue weighted by atomic mass is 35.5. The normalized spacial score (nSPS) is 11.5. The zero-order valence-electron chi connectivity index (χ0n) is 7.99. The Morgan fingerprint density at radius 1 is 1.13 bits per heavy atom. The van der Waals surface area contributed by atoms with Crippen molar-refractivity contribution >= 4 is 29.1 Å². The topological polar surface area (TPSA) is 20.3 Å². The first-order chi connectivity index (χ1) is 6.90. The van der Waals surface area contributed by atoms with Gasteiger partial charge in [-0.3, -0.25) is 4.79 Å². The van der Waals surface area contributed by atoms with E-state index in [2.05, 4.69) is 0 Å². The number of nitrogens with zero attached hydrogens (tertiary/aromatic N) is 1. The van der Waals surface area contributed by atoms with E-state index in [0.717, 1.165) is 0 Å². The van der Waals surface area contributed by atoms with Crippen LogP contribution in [0.5, 0.6) is 0 Å². The molecule has 0 aromatic rings. The number of halogens is 5. The van der Waals surface area contributed by atoms with Gasteiger partial charge in [-0.05, 0) is 0 Å². The molecule has 0 fully saturated rings. The molecular weight excluding hydrogens is 254 g/mol. The molecule has 0 spiro atoms. The zero-order valence-corrected chi connectivity index (χ0v) is 9.50. The molecule has 0 atom stereocenters. The van der Waals surface area contributed by atoms with Crippen molar-refractivity contribution in [3.8, 4) is 0 Å². The van der Waals surface area contributed by atoms with Crippen molar-refractivity contribution in [3.63, 3.8) is 0 Å². The third-order valence-electron chi connectivity index (χ3n) is 1.68. The molecule has 0 aliphatic carbocycles. The van der Waals surface area contributed by atoms with Crippen LogP contribution < -0.4 is 0 Å². The lowest BCUT2D eigenvalue weighted by Gasteiger charge is -2.20. The van der Waals surface area contributed by atoms with Gasteiger partial charge in [0.2, 0.25) is 5.91 Å². The van der Waals surface area contributed by atoms with Crippen molar-refractivity contribution < 1.29 is 18.0 Å². The van der Waals surface area contributed by atoms with E-state index in [4.69, 9.17) is 23.2 Å². The van der Waals surface area contributed by atoms with Crippen molar-refractivity contribution in [2.45, 2.75) is 19.0 Å². The molecule has 0 aliphatic rings. The molecule has 2 nitrogen and oxygen atoms in total. The molecule has 0 unspecified atom stereocenters. The maximum Gasteiger partial charge on any atom is 0.389 e. The summed E-state index contributed by atoms with van der Waals surface area (Å²) in [6.45, 7) is 0.454. The average molecular weight is 266 g/mol. The van der Waals surface area contributed by atoms with Crippen LogP contribution in [-0.2, 0) is 4.79 Å². The summed E-state index contributed by atoms with van der Waals surface area (Å²) in [5.41, 5.74) is 0. The molecule has 0 radical (unpaired) electrons. The first-order valence-corrected chi connectivity index (χ1v) is 5.44. The molecule has 15 heavy (non-hydrogen) atoms. The molecule has 0 aliphatic heterocycles. The number of carbonyl (C=O) groups excluding carboxylic acids is 1. The maximum atomic E-state index is 11.8. The van der Waals surface area contributed by atoms with Crippen LogP contribution in [0.15, 0.2) is 0 Å². The second-order valence-electron chi connectivity index (χ2n) is 2.87. The number of hydrogen-bond donors (Lipinski definition) is 0. The molecule has 0 aromatic heterocycles. The van der Waals surface area contributed by atoms with Crippen molar-refractivity contribution in [1.82, 2.24) is 4.90 Å². The smallest absolute Gasteiger partial charge is 0.340 e. The van der Waals surface area contributed by atoms with Gasteiger partial charge in [0.1, 0.15) is 0 Å². The SMILES string of the molecule is O=C(CCC(F)(F)F)N(CCCl)CCCl. The Balaban J connectivity index is 4.02. The first-order valence-electron chi connectivity index (χ1n) is 4.37. The molecule has 90 valence electrons. The molecule has 0 bridgehead atoms. The van der Waals surface area contributed by atoms with Gasteiger partial charge in [-0.15, -0.1) is 23.2 Å². The van der Waals surface area contributed by atoms with Gasteiger partial charge in [-0.1, -0.05) is 0 Å². The highest BCUT2D eigenvalue weighted by Crippen LogP contribution is 2.21. The average Bonchev–Trinajstić information content (AvgIpc) is 2.13. The van der Waals surface area contributed by atoms with Crippen LogP contribution in [-0.4, -0.2) is 41.8 Å². The third kappa shape index (κ3) is 7.73. The van der Waals surface area contributed by atoms with E-state index in [1.165, 1.54) is 4.90 Å². The second-order valence-corrected chi connectivity index (χ2v) is 3.63. The fraction of sp³-hybridized carbons (Fsp3) is 0.875. The van der Waals surface area contributed by atoms with Crippen LogP contribution in [0.4, 0.5) is 13.2 Å². The minimum atomic E-state index is -4.30. The minimum absolute atomic E-state index is 0.189. The summed E-state index contributed by atoms with van der Waals surface area (Å²) in [5, 5.41) is 0. The number of hydrogen-bond acceptors (Lipinski definition) is 1. The van der Waals surface area contributed by atoms with E-state index in [9.17, 15) is 18.0 Å². The van der Waals surface area contributed by atoms with Gasteiger partial charge in [0, 0.05) is 31.3 Å². The minimum Gasteiger partial charge on any atom is -0.340 e. The summed E-state index contributed by atoms with van der Waals surface area (Å²) in [6, 6.07) is 0. The molecule has 0 saturated heterocycles. The zero-order chi connectivity index (χ0) is 11.9. The Hall–Kier alpha value is -0.160. The van der Waals surface area contributed by atoms with Crippen LogP contribution in [0.2, 0.25) is 0 Å². The lowest BCUT2D eigenvalue weighted by Crippen LogP contribution is -2.35. The lowest BCUT2D eigenvalue weighted by molar-refractivity contribution is -0.148. The molecule has 7 heteroatoms. The quantitative estimate of drug-likeness (QED) is 0.677. The van der Waals surface area contributed by atoms with Crippen molar-refractivity contribution in [2.24, 2.45) is 0 Å². The molecule has 0 aromatic carbocycles. The number of carbonyl (C=O) groups is 1. The summed E-state index contributed by atoms with van der Waals surface area (Å²) in [7, 11) is 0. The Labute approximate surface area is 96.3 Å². The standard InChI is InChI=1S/C8H12Cl2F3NO/c9-3-5-14(6-4-10)7(15)1-2-8(11,12)13/h1-6H2. The van der Waals surface area contributed by atoms with E-state index >= 15 is 0 Å². The predicted molar refractivity (Wildman–Crippen MR) is 53.3 cm³/mol. The summed E-state index contributed by atoms with van der Waals surface area (Å²) in [5.74, 6) is -0.183. The van der Waals surface area contributed by atoms with Gasteiger partial charge >= 0.3 is 6.18 Å². The van der Waals surface area contributed by atoms with Crippen LogP contribution in [0.1, 0.15) is 12.8 Å². The molecule has 0 saturated carbocycles. The highest BCUT2D eigenvalue weighted by molar-refractivity contribution is 6.18. The summed E-state index contributed by atoms with van der Waals surface area (Å²) in [4.78, 5) is 12.5. The monoisotopic (exact) mass is 265 g/mol. The summed E-state index contributed by atoms with van der Waals surface area (Å²) < 4.78 is 35.5. The Morgan fingerprint density at radius 3 is 1.93 bits per heavy atom. The van der Waals surface area contributed by atoms with Crippen molar-refractivity contribution in [1.29, 1.82) is 0 Å². The van der Waals surface area contributed by atoms with Gasteiger partial charge in [-0.2, -0.15) is 13.2 Å². The second kappa shape index (κ2) is 7.17.